The summed E-state index contributed by atoms with van der Waals surface area (Å²) in [4.78, 5) is 23.2. The van der Waals surface area contributed by atoms with Crippen molar-refractivity contribution >= 4 is 11.8 Å². The van der Waals surface area contributed by atoms with Crippen LogP contribution in [-0.4, -0.2) is 35.6 Å². The number of aromatic nitrogens is 2. The molecule has 0 aliphatic carbocycles. The van der Waals surface area contributed by atoms with Crippen LogP contribution in [0.1, 0.15) is 36.7 Å². The van der Waals surface area contributed by atoms with Gasteiger partial charge >= 0.3 is 5.97 Å². The molecule has 1 heterocycles. The third-order valence-electron chi connectivity index (χ3n) is 3.64. The predicted molar refractivity (Wildman–Crippen MR) is 91.7 cm³/mol. The standard InChI is InChI=1S/C18H23N3O2/c1-5-21(6-2)17-15(18(22)23-7-3)12-19-16(20-17)14-10-8-13(4)9-11-14/h8-12H,5-7H2,1-4H3. The highest BCUT2D eigenvalue weighted by Gasteiger charge is 2.19. The summed E-state index contributed by atoms with van der Waals surface area (Å²) >= 11 is 0. The first-order valence-corrected chi connectivity index (χ1v) is 7.96. The van der Waals surface area contributed by atoms with E-state index in [9.17, 15) is 4.79 Å². The third kappa shape index (κ3) is 3.86. The minimum atomic E-state index is -0.384. The van der Waals surface area contributed by atoms with Gasteiger partial charge in [-0.15, -0.1) is 0 Å². The first-order valence-electron chi connectivity index (χ1n) is 7.96. The van der Waals surface area contributed by atoms with Crippen LogP contribution in [0.4, 0.5) is 5.82 Å². The molecule has 0 saturated heterocycles. The molecule has 0 radical (unpaired) electrons. The molecule has 2 rings (SSSR count). The molecule has 0 aliphatic heterocycles. The summed E-state index contributed by atoms with van der Waals surface area (Å²) in [5.74, 6) is 0.851. The highest BCUT2D eigenvalue weighted by molar-refractivity contribution is 5.94. The highest BCUT2D eigenvalue weighted by atomic mass is 16.5. The molecule has 0 bridgehead atoms. The molecular formula is C18H23N3O2. The van der Waals surface area contributed by atoms with Crippen molar-refractivity contribution in [1.82, 2.24) is 9.97 Å². The first kappa shape index (κ1) is 16.9. The van der Waals surface area contributed by atoms with Gasteiger partial charge in [0, 0.05) is 24.8 Å². The average molecular weight is 313 g/mol. The number of rotatable bonds is 6. The molecule has 0 saturated carbocycles. The number of ether oxygens (including phenoxy) is 1. The van der Waals surface area contributed by atoms with Crippen molar-refractivity contribution in [2.45, 2.75) is 27.7 Å². The van der Waals surface area contributed by atoms with Gasteiger partial charge in [0.25, 0.3) is 0 Å². The molecule has 0 spiro atoms. The Balaban J connectivity index is 2.50. The lowest BCUT2D eigenvalue weighted by Crippen LogP contribution is -2.26. The van der Waals surface area contributed by atoms with E-state index in [-0.39, 0.29) is 5.97 Å². The molecule has 23 heavy (non-hydrogen) atoms. The van der Waals surface area contributed by atoms with Crippen LogP contribution in [0.15, 0.2) is 30.5 Å². The summed E-state index contributed by atoms with van der Waals surface area (Å²) < 4.78 is 5.12. The van der Waals surface area contributed by atoms with E-state index in [0.29, 0.717) is 23.8 Å². The molecule has 1 aromatic heterocycles. The second kappa shape index (κ2) is 7.72. The van der Waals surface area contributed by atoms with Gasteiger partial charge in [0.15, 0.2) is 5.82 Å². The van der Waals surface area contributed by atoms with Crippen LogP contribution in [0.3, 0.4) is 0 Å². The Bertz CT molecular complexity index is 664. The monoisotopic (exact) mass is 313 g/mol. The van der Waals surface area contributed by atoms with Crippen molar-refractivity contribution in [3.8, 4) is 11.4 Å². The van der Waals surface area contributed by atoms with Gasteiger partial charge in [-0.1, -0.05) is 29.8 Å². The summed E-state index contributed by atoms with van der Waals surface area (Å²) in [5, 5.41) is 0. The number of anilines is 1. The van der Waals surface area contributed by atoms with Crippen LogP contribution in [0.25, 0.3) is 11.4 Å². The average Bonchev–Trinajstić information content (AvgIpc) is 2.57. The zero-order chi connectivity index (χ0) is 16.8. The smallest absolute Gasteiger partial charge is 0.343 e. The van der Waals surface area contributed by atoms with Crippen molar-refractivity contribution in [2.75, 3.05) is 24.6 Å². The number of hydrogen-bond donors (Lipinski definition) is 0. The van der Waals surface area contributed by atoms with Crippen molar-refractivity contribution in [3.63, 3.8) is 0 Å². The maximum absolute atomic E-state index is 12.2. The Labute approximate surface area is 137 Å². The Hall–Kier alpha value is -2.43. The molecule has 5 nitrogen and oxygen atoms in total. The lowest BCUT2D eigenvalue weighted by Gasteiger charge is -2.22. The quantitative estimate of drug-likeness (QED) is 0.764. The topological polar surface area (TPSA) is 55.3 Å². The van der Waals surface area contributed by atoms with Crippen molar-refractivity contribution in [2.24, 2.45) is 0 Å². The van der Waals surface area contributed by atoms with E-state index in [1.54, 1.807) is 13.1 Å². The minimum absolute atomic E-state index is 0.330. The van der Waals surface area contributed by atoms with Gasteiger partial charge in [0.1, 0.15) is 11.4 Å². The van der Waals surface area contributed by atoms with E-state index in [4.69, 9.17) is 4.74 Å². The van der Waals surface area contributed by atoms with Crippen molar-refractivity contribution in [1.29, 1.82) is 0 Å². The van der Waals surface area contributed by atoms with E-state index in [2.05, 4.69) is 9.97 Å². The van der Waals surface area contributed by atoms with Crippen LogP contribution in [0.5, 0.6) is 0 Å². The lowest BCUT2D eigenvalue weighted by atomic mass is 10.1. The van der Waals surface area contributed by atoms with Crippen LogP contribution in [0.2, 0.25) is 0 Å². The zero-order valence-corrected chi connectivity index (χ0v) is 14.2. The van der Waals surface area contributed by atoms with E-state index in [1.165, 1.54) is 5.56 Å². The maximum atomic E-state index is 12.2. The van der Waals surface area contributed by atoms with E-state index >= 15 is 0 Å². The molecule has 0 amide bonds. The number of nitrogens with zero attached hydrogens (tertiary/aromatic N) is 3. The molecule has 0 atom stereocenters. The molecule has 122 valence electrons. The summed E-state index contributed by atoms with van der Waals surface area (Å²) in [6.07, 6.45) is 1.56. The number of aryl methyl sites for hydroxylation is 1. The van der Waals surface area contributed by atoms with Gasteiger partial charge in [-0.3, -0.25) is 0 Å². The van der Waals surface area contributed by atoms with Crippen molar-refractivity contribution < 1.29 is 9.53 Å². The number of benzene rings is 1. The van der Waals surface area contributed by atoms with Crippen LogP contribution < -0.4 is 4.90 Å². The Morgan fingerprint density at radius 1 is 1.13 bits per heavy atom. The largest absolute Gasteiger partial charge is 0.462 e. The molecule has 0 N–H and O–H groups in total. The molecule has 0 unspecified atom stereocenters. The molecular weight excluding hydrogens is 290 g/mol. The van der Waals surface area contributed by atoms with Gasteiger partial charge in [0.05, 0.1) is 6.61 Å². The third-order valence-corrected chi connectivity index (χ3v) is 3.64. The predicted octanol–water partition coefficient (Wildman–Crippen LogP) is 3.47. The van der Waals surface area contributed by atoms with Crippen molar-refractivity contribution in [3.05, 3.63) is 41.6 Å². The number of esters is 1. The van der Waals surface area contributed by atoms with Gasteiger partial charge in [-0.05, 0) is 27.7 Å². The maximum Gasteiger partial charge on any atom is 0.343 e. The molecule has 2 aromatic rings. The Kier molecular flexibility index (Phi) is 5.68. The number of carbonyl (C=O) groups excluding carboxylic acids is 1. The second-order valence-corrected chi connectivity index (χ2v) is 5.19. The lowest BCUT2D eigenvalue weighted by molar-refractivity contribution is 0.0526. The summed E-state index contributed by atoms with van der Waals surface area (Å²) in [6.45, 7) is 9.74. The fraction of sp³-hybridized carbons (Fsp3) is 0.389. The molecule has 5 heteroatoms. The normalized spacial score (nSPS) is 10.4. The van der Waals surface area contributed by atoms with E-state index < -0.39 is 0 Å². The summed E-state index contributed by atoms with van der Waals surface area (Å²) in [7, 11) is 0. The van der Waals surface area contributed by atoms with Crippen LogP contribution in [0, 0.1) is 6.92 Å². The van der Waals surface area contributed by atoms with Crippen LogP contribution in [-0.2, 0) is 4.74 Å². The fourth-order valence-corrected chi connectivity index (χ4v) is 2.33. The minimum Gasteiger partial charge on any atom is -0.462 e. The Morgan fingerprint density at radius 3 is 2.35 bits per heavy atom. The van der Waals surface area contributed by atoms with Gasteiger partial charge in [-0.25, -0.2) is 14.8 Å². The fourth-order valence-electron chi connectivity index (χ4n) is 2.33. The highest BCUT2D eigenvalue weighted by Crippen LogP contribution is 2.23. The SMILES string of the molecule is CCOC(=O)c1cnc(-c2ccc(C)cc2)nc1N(CC)CC. The van der Waals surface area contributed by atoms with Crippen LogP contribution >= 0.6 is 0 Å². The number of carbonyl (C=O) groups is 1. The number of hydrogen-bond acceptors (Lipinski definition) is 5. The molecule has 0 fully saturated rings. The van der Waals surface area contributed by atoms with Gasteiger partial charge in [-0.2, -0.15) is 0 Å². The zero-order valence-electron chi connectivity index (χ0n) is 14.2. The summed E-state index contributed by atoms with van der Waals surface area (Å²) in [6, 6.07) is 8.02. The van der Waals surface area contributed by atoms with E-state index in [1.807, 2.05) is 49.9 Å². The molecule has 0 aliphatic rings. The second-order valence-electron chi connectivity index (χ2n) is 5.19. The summed E-state index contributed by atoms with van der Waals surface area (Å²) in [5.41, 5.74) is 2.52. The Morgan fingerprint density at radius 2 is 1.78 bits per heavy atom. The first-order chi connectivity index (χ1) is 11.1. The van der Waals surface area contributed by atoms with Gasteiger partial charge in [0.2, 0.25) is 0 Å². The van der Waals surface area contributed by atoms with Gasteiger partial charge < -0.3 is 9.64 Å². The van der Waals surface area contributed by atoms with E-state index in [0.717, 1.165) is 18.7 Å². The molecule has 1 aromatic carbocycles.